The van der Waals surface area contributed by atoms with Gasteiger partial charge in [0.25, 0.3) is 0 Å². The van der Waals surface area contributed by atoms with Crippen LogP contribution in [0.2, 0.25) is 0 Å². The van der Waals surface area contributed by atoms with Gasteiger partial charge in [-0.2, -0.15) is 0 Å². The molecule has 3 heterocycles. The lowest BCUT2D eigenvalue weighted by Crippen LogP contribution is -2.47. The molecule has 0 bridgehead atoms. The SMILES string of the molecule is CCC1CC2(CCN(C(=O)OC(C)(C)C)CC2)C(=O)N1C1=CC(=O)OC1. The number of cyclic esters (lactones) is 1. The van der Waals surface area contributed by atoms with Gasteiger partial charge >= 0.3 is 12.1 Å². The summed E-state index contributed by atoms with van der Waals surface area (Å²) in [7, 11) is 0. The van der Waals surface area contributed by atoms with E-state index in [9.17, 15) is 14.4 Å². The molecule has 2 fully saturated rings. The highest BCUT2D eigenvalue weighted by molar-refractivity contribution is 5.91. The molecule has 1 unspecified atom stereocenters. The summed E-state index contributed by atoms with van der Waals surface area (Å²) in [5.41, 5.74) is -0.314. The Hall–Kier alpha value is -2.05. The average molecular weight is 364 g/mol. The number of rotatable bonds is 2. The molecule has 26 heavy (non-hydrogen) atoms. The zero-order chi connectivity index (χ0) is 19.1. The molecule has 3 aliphatic heterocycles. The fraction of sp³-hybridized carbons (Fsp3) is 0.737. The van der Waals surface area contributed by atoms with Gasteiger partial charge in [0.1, 0.15) is 12.2 Å². The van der Waals surface area contributed by atoms with E-state index < -0.39 is 11.0 Å². The predicted octanol–water partition coefficient (Wildman–Crippen LogP) is 2.46. The lowest BCUT2D eigenvalue weighted by atomic mass is 9.76. The first-order valence-electron chi connectivity index (χ1n) is 9.34. The van der Waals surface area contributed by atoms with E-state index in [-0.39, 0.29) is 30.6 Å². The number of amides is 2. The molecule has 0 aromatic carbocycles. The van der Waals surface area contributed by atoms with Crippen molar-refractivity contribution in [2.24, 2.45) is 5.41 Å². The summed E-state index contributed by atoms with van der Waals surface area (Å²) >= 11 is 0. The van der Waals surface area contributed by atoms with Gasteiger partial charge in [-0.3, -0.25) is 4.79 Å². The minimum absolute atomic E-state index is 0.0674. The zero-order valence-corrected chi connectivity index (χ0v) is 16.0. The quantitative estimate of drug-likeness (QED) is 0.704. The normalized spacial score (nSPS) is 25.5. The zero-order valence-electron chi connectivity index (χ0n) is 16.0. The van der Waals surface area contributed by atoms with Crippen LogP contribution in [0.3, 0.4) is 0 Å². The minimum Gasteiger partial charge on any atom is -0.456 e. The molecule has 3 aliphatic rings. The third-order valence-electron chi connectivity index (χ3n) is 5.46. The van der Waals surface area contributed by atoms with Crippen molar-refractivity contribution < 1.29 is 23.9 Å². The molecular formula is C19H28N2O5. The lowest BCUT2D eigenvalue weighted by molar-refractivity contribution is -0.139. The number of hydrogen-bond donors (Lipinski definition) is 0. The van der Waals surface area contributed by atoms with Crippen LogP contribution in [0.5, 0.6) is 0 Å². The van der Waals surface area contributed by atoms with Crippen LogP contribution in [0.1, 0.15) is 53.4 Å². The largest absolute Gasteiger partial charge is 0.456 e. The molecule has 0 radical (unpaired) electrons. The van der Waals surface area contributed by atoms with Gasteiger partial charge in [-0.15, -0.1) is 0 Å². The van der Waals surface area contributed by atoms with E-state index in [2.05, 4.69) is 6.92 Å². The summed E-state index contributed by atoms with van der Waals surface area (Å²) in [5.74, 6) is -0.318. The second-order valence-electron chi connectivity index (χ2n) is 8.43. The summed E-state index contributed by atoms with van der Waals surface area (Å²) in [4.78, 5) is 40.4. The monoisotopic (exact) mass is 364 g/mol. The van der Waals surface area contributed by atoms with Crippen molar-refractivity contribution in [3.8, 4) is 0 Å². The summed E-state index contributed by atoms with van der Waals surface area (Å²) in [6.07, 6.45) is 3.94. The van der Waals surface area contributed by atoms with Crippen LogP contribution in [-0.2, 0) is 19.1 Å². The van der Waals surface area contributed by atoms with E-state index in [1.54, 1.807) is 9.80 Å². The van der Waals surface area contributed by atoms with Crippen molar-refractivity contribution in [2.45, 2.75) is 65.0 Å². The first kappa shape index (κ1) is 18.7. The Kier molecular flexibility index (Phi) is 4.75. The number of carbonyl (C=O) groups excluding carboxylic acids is 3. The Bertz CT molecular complexity index is 641. The highest BCUT2D eigenvalue weighted by atomic mass is 16.6. The van der Waals surface area contributed by atoms with Gasteiger partial charge in [0.2, 0.25) is 5.91 Å². The number of esters is 1. The van der Waals surface area contributed by atoms with Crippen molar-refractivity contribution in [3.05, 3.63) is 11.8 Å². The van der Waals surface area contributed by atoms with E-state index in [0.717, 1.165) is 12.8 Å². The molecule has 7 heteroatoms. The summed E-state index contributed by atoms with van der Waals surface area (Å²) < 4.78 is 10.4. The first-order chi connectivity index (χ1) is 12.1. The second kappa shape index (κ2) is 6.59. The van der Waals surface area contributed by atoms with E-state index in [4.69, 9.17) is 9.47 Å². The maximum atomic E-state index is 13.2. The molecule has 0 aliphatic carbocycles. The summed E-state index contributed by atoms with van der Waals surface area (Å²) in [6, 6.07) is 0.0799. The molecule has 3 rings (SSSR count). The van der Waals surface area contributed by atoms with Crippen LogP contribution in [0.15, 0.2) is 11.8 Å². The smallest absolute Gasteiger partial charge is 0.410 e. The van der Waals surface area contributed by atoms with Crippen molar-refractivity contribution >= 4 is 18.0 Å². The standard InChI is InChI=1S/C19H28N2O5/c1-5-13-11-19(16(23)21(13)14-10-15(22)25-12-14)6-8-20(9-7-19)17(24)26-18(2,3)4/h10,13H,5-9,11-12H2,1-4H3. The van der Waals surface area contributed by atoms with Crippen LogP contribution < -0.4 is 0 Å². The Labute approximate surface area is 154 Å². The molecule has 1 atom stereocenters. The minimum atomic E-state index is -0.527. The molecule has 144 valence electrons. The highest BCUT2D eigenvalue weighted by Gasteiger charge is 2.53. The molecule has 0 saturated carbocycles. The van der Waals surface area contributed by atoms with E-state index in [0.29, 0.717) is 31.6 Å². The second-order valence-corrected chi connectivity index (χ2v) is 8.43. The lowest BCUT2D eigenvalue weighted by Gasteiger charge is -2.38. The Morgan fingerprint density at radius 3 is 2.46 bits per heavy atom. The summed E-state index contributed by atoms with van der Waals surface area (Å²) in [5, 5.41) is 0. The number of nitrogens with zero attached hydrogens (tertiary/aromatic N) is 2. The first-order valence-corrected chi connectivity index (χ1v) is 9.34. The average Bonchev–Trinajstić information content (AvgIpc) is 3.09. The van der Waals surface area contributed by atoms with Crippen LogP contribution in [0.4, 0.5) is 4.79 Å². The van der Waals surface area contributed by atoms with Gasteiger partial charge < -0.3 is 19.3 Å². The highest BCUT2D eigenvalue weighted by Crippen LogP contribution is 2.47. The van der Waals surface area contributed by atoms with Gasteiger partial charge in [0, 0.05) is 25.2 Å². The molecule has 0 aromatic rings. The fourth-order valence-electron chi connectivity index (χ4n) is 4.11. The Morgan fingerprint density at radius 2 is 1.96 bits per heavy atom. The van der Waals surface area contributed by atoms with Gasteiger partial charge in [-0.1, -0.05) is 6.92 Å². The van der Waals surface area contributed by atoms with Crippen LogP contribution >= 0.6 is 0 Å². The molecule has 2 amide bonds. The molecule has 0 aromatic heterocycles. The van der Waals surface area contributed by atoms with Crippen LogP contribution in [-0.4, -0.2) is 59.1 Å². The molecular weight excluding hydrogens is 336 g/mol. The molecule has 1 spiro atoms. The van der Waals surface area contributed by atoms with Crippen molar-refractivity contribution in [1.29, 1.82) is 0 Å². The van der Waals surface area contributed by atoms with Gasteiger partial charge in [0.05, 0.1) is 11.1 Å². The topological polar surface area (TPSA) is 76.2 Å². The maximum absolute atomic E-state index is 13.2. The van der Waals surface area contributed by atoms with Crippen molar-refractivity contribution in [3.63, 3.8) is 0 Å². The number of ether oxygens (including phenoxy) is 2. The van der Waals surface area contributed by atoms with Crippen molar-refractivity contribution in [1.82, 2.24) is 9.80 Å². The van der Waals surface area contributed by atoms with Gasteiger partial charge in [-0.25, -0.2) is 9.59 Å². The third-order valence-corrected chi connectivity index (χ3v) is 5.46. The predicted molar refractivity (Wildman–Crippen MR) is 94.1 cm³/mol. The number of piperidine rings is 1. The maximum Gasteiger partial charge on any atom is 0.410 e. The van der Waals surface area contributed by atoms with E-state index in [1.807, 2.05) is 20.8 Å². The summed E-state index contributed by atoms with van der Waals surface area (Å²) in [6.45, 7) is 8.79. The molecule has 7 nitrogen and oxygen atoms in total. The number of carbonyl (C=O) groups is 3. The van der Waals surface area contributed by atoms with E-state index in [1.165, 1.54) is 6.08 Å². The number of hydrogen-bond acceptors (Lipinski definition) is 5. The Morgan fingerprint density at radius 1 is 1.31 bits per heavy atom. The van der Waals surface area contributed by atoms with Gasteiger partial charge in [0.15, 0.2) is 0 Å². The van der Waals surface area contributed by atoms with E-state index >= 15 is 0 Å². The fourth-order valence-corrected chi connectivity index (χ4v) is 4.11. The van der Waals surface area contributed by atoms with Crippen molar-refractivity contribution in [2.75, 3.05) is 19.7 Å². The molecule has 2 saturated heterocycles. The third kappa shape index (κ3) is 3.44. The van der Waals surface area contributed by atoms with Crippen LogP contribution in [0, 0.1) is 5.41 Å². The van der Waals surface area contributed by atoms with Crippen LogP contribution in [0.25, 0.3) is 0 Å². The number of likely N-dealkylation sites (tertiary alicyclic amines) is 2. The Balaban J connectivity index is 1.70. The van der Waals surface area contributed by atoms with Gasteiger partial charge in [-0.05, 0) is 46.5 Å². The molecule has 0 N–H and O–H groups in total.